The molecule has 0 bridgehead atoms. The molecule has 1 fully saturated rings. The minimum atomic E-state index is -0.369. The van der Waals surface area contributed by atoms with Gasteiger partial charge in [0.15, 0.2) is 5.78 Å². The number of hydrogen-bond acceptors (Lipinski definition) is 5. The monoisotopic (exact) mass is 350 g/mol. The Kier molecular flexibility index (Phi) is 5.69. The van der Waals surface area contributed by atoms with Crippen LogP contribution < -0.4 is 10.6 Å². The fourth-order valence-corrected chi connectivity index (χ4v) is 2.97. The van der Waals surface area contributed by atoms with Gasteiger partial charge < -0.3 is 15.4 Å². The lowest BCUT2D eigenvalue weighted by molar-refractivity contribution is 0.0525. The van der Waals surface area contributed by atoms with Gasteiger partial charge in [0.2, 0.25) is 0 Å². The largest absolute Gasteiger partial charge is 0.462 e. The maximum atomic E-state index is 13.1. The summed E-state index contributed by atoms with van der Waals surface area (Å²) in [7, 11) is 0. The van der Waals surface area contributed by atoms with Gasteiger partial charge in [-0.3, -0.25) is 4.79 Å². The number of Topliss-reactive ketones (excluding diaryl/α,β-unsaturated/α-hetero) is 1. The second-order valence-corrected chi connectivity index (χ2v) is 5.96. The molecule has 1 aliphatic rings. The first kappa shape index (κ1) is 17.7. The summed E-state index contributed by atoms with van der Waals surface area (Å²) in [6.45, 7) is 3.62. The average molecular weight is 350 g/mol. The van der Waals surface area contributed by atoms with Crippen LogP contribution in [-0.4, -0.2) is 31.4 Å². The van der Waals surface area contributed by atoms with Crippen molar-refractivity contribution in [3.63, 3.8) is 0 Å². The normalized spacial score (nSPS) is 12.9. The van der Waals surface area contributed by atoms with Gasteiger partial charge in [-0.05, 0) is 18.6 Å². The number of nitrogens with one attached hydrogen (secondary N) is 2. The maximum absolute atomic E-state index is 13.1. The standard InChI is InChI=1S/C21H22N2O3/c1-2-26-21(25)17-11-7-6-10-16(17)14-18(20-22-12-13-23-20)19(24)15-8-4-3-5-9-15/h3-11,22-23H,2,12-14H2,1H3. The summed E-state index contributed by atoms with van der Waals surface area (Å²) < 4.78 is 5.15. The van der Waals surface area contributed by atoms with Crippen molar-refractivity contribution in [3.8, 4) is 0 Å². The lowest BCUT2D eigenvalue weighted by Gasteiger charge is -2.14. The average Bonchev–Trinajstić information content (AvgIpc) is 3.21. The van der Waals surface area contributed by atoms with Gasteiger partial charge in [-0.25, -0.2) is 4.79 Å². The Hall–Kier alpha value is -3.08. The number of esters is 1. The van der Waals surface area contributed by atoms with Gasteiger partial charge in [0.25, 0.3) is 0 Å². The highest BCUT2D eigenvalue weighted by Crippen LogP contribution is 2.20. The molecule has 0 radical (unpaired) electrons. The topological polar surface area (TPSA) is 67.4 Å². The molecule has 3 rings (SSSR count). The lowest BCUT2D eigenvalue weighted by Crippen LogP contribution is -2.21. The molecule has 0 spiro atoms. The molecule has 2 aromatic carbocycles. The Morgan fingerprint density at radius 2 is 1.62 bits per heavy atom. The van der Waals surface area contributed by atoms with Crippen LogP contribution in [0.4, 0.5) is 0 Å². The van der Waals surface area contributed by atoms with Crippen LogP contribution >= 0.6 is 0 Å². The third-order valence-corrected chi connectivity index (χ3v) is 4.22. The van der Waals surface area contributed by atoms with Gasteiger partial charge in [0.05, 0.1) is 12.2 Å². The fraction of sp³-hybridized carbons (Fsp3) is 0.238. The maximum Gasteiger partial charge on any atom is 0.338 e. The second-order valence-electron chi connectivity index (χ2n) is 5.96. The van der Waals surface area contributed by atoms with Crippen molar-refractivity contribution in [1.82, 2.24) is 10.6 Å². The highest BCUT2D eigenvalue weighted by molar-refractivity contribution is 6.09. The van der Waals surface area contributed by atoms with E-state index in [0.717, 1.165) is 24.5 Å². The number of carbonyl (C=O) groups excluding carboxylic acids is 2. The molecule has 5 heteroatoms. The summed E-state index contributed by atoms with van der Waals surface area (Å²) in [6.07, 6.45) is 0.345. The third-order valence-electron chi connectivity index (χ3n) is 4.22. The quantitative estimate of drug-likeness (QED) is 0.476. The van der Waals surface area contributed by atoms with Crippen molar-refractivity contribution in [2.24, 2.45) is 0 Å². The minimum absolute atomic E-state index is 0.0545. The molecule has 0 amide bonds. The molecule has 2 aromatic rings. The molecule has 0 aliphatic carbocycles. The number of hydrogen-bond donors (Lipinski definition) is 2. The van der Waals surface area contributed by atoms with E-state index >= 15 is 0 Å². The molecule has 5 nitrogen and oxygen atoms in total. The van der Waals surface area contributed by atoms with Gasteiger partial charge in [-0.15, -0.1) is 0 Å². The third kappa shape index (κ3) is 3.94. The highest BCUT2D eigenvalue weighted by atomic mass is 16.5. The first-order valence-electron chi connectivity index (χ1n) is 8.76. The van der Waals surface area contributed by atoms with E-state index in [0.29, 0.717) is 29.7 Å². The number of ether oxygens (including phenoxy) is 1. The van der Waals surface area contributed by atoms with Crippen LogP contribution in [0.3, 0.4) is 0 Å². The molecular weight excluding hydrogens is 328 g/mol. The molecule has 1 aliphatic heterocycles. The van der Waals surface area contributed by atoms with E-state index in [1.807, 2.05) is 30.3 Å². The smallest absolute Gasteiger partial charge is 0.338 e. The molecular formula is C21H22N2O3. The van der Waals surface area contributed by atoms with E-state index in [4.69, 9.17) is 4.74 Å². The Labute approximate surface area is 153 Å². The fourth-order valence-electron chi connectivity index (χ4n) is 2.97. The second kappa shape index (κ2) is 8.34. The van der Waals surface area contributed by atoms with Crippen LogP contribution in [-0.2, 0) is 11.2 Å². The van der Waals surface area contributed by atoms with E-state index in [2.05, 4.69) is 10.6 Å². The molecule has 0 saturated carbocycles. The molecule has 1 heterocycles. The first-order chi connectivity index (χ1) is 12.7. The van der Waals surface area contributed by atoms with Crippen molar-refractivity contribution in [3.05, 3.63) is 82.7 Å². The van der Waals surface area contributed by atoms with Crippen LogP contribution in [0.1, 0.15) is 33.2 Å². The minimum Gasteiger partial charge on any atom is -0.462 e. The van der Waals surface area contributed by atoms with E-state index < -0.39 is 0 Å². The van der Waals surface area contributed by atoms with Crippen LogP contribution in [0.2, 0.25) is 0 Å². The number of benzene rings is 2. The highest BCUT2D eigenvalue weighted by Gasteiger charge is 2.22. The van der Waals surface area contributed by atoms with Crippen molar-refractivity contribution in [1.29, 1.82) is 0 Å². The zero-order chi connectivity index (χ0) is 18.4. The summed E-state index contributed by atoms with van der Waals surface area (Å²) in [5.74, 6) is 0.311. The van der Waals surface area contributed by atoms with E-state index in [1.54, 1.807) is 31.2 Å². The Balaban J connectivity index is 1.97. The predicted molar refractivity (Wildman–Crippen MR) is 99.9 cm³/mol. The summed E-state index contributed by atoms with van der Waals surface area (Å²) in [5.41, 5.74) is 2.50. The Bertz CT molecular complexity index is 820. The van der Waals surface area contributed by atoms with Crippen LogP contribution in [0.5, 0.6) is 0 Å². The summed E-state index contributed by atoms with van der Waals surface area (Å²) in [4.78, 5) is 25.3. The molecule has 134 valence electrons. The van der Waals surface area contributed by atoms with E-state index in [1.165, 1.54) is 0 Å². The molecule has 0 unspecified atom stereocenters. The molecule has 0 aromatic heterocycles. The van der Waals surface area contributed by atoms with Crippen molar-refractivity contribution in [2.45, 2.75) is 13.3 Å². The van der Waals surface area contributed by atoms with Gasteiger partial charge in [-0.2, -0.15) is 0 Å². The van der Waals surface area contributed by atoms with Gasteiger partial charge >= 0.3 is 5.97 Å². The molecule has 0 atom stereocenters. The molecule has 26 heavy (non-hydrogen) atoms. The molecule has 1 saturated heterocycles. The summed E-state index contributed by atoms with van der Waals surface area (Å²) in [5, 5.41) is 6.47. The van der Waals surface area contributed by atoms with Crippen molar-refractivity contribution in [2.75, 3.05) is 19.7 Å². The zero-order valence-electron chi connectivity index (χ0n) is 14.7. The summed E-state index contributed by atoms with van der Waals surface area (Å²) in [6, 6.07) is 16.4. The zero-order valence-corrected chi connectivity index (χ0v) is 14.7. The Morgan fingerprint density at radius 3 is 2.31 bits per heavy atom. The predicted octanol–water partition coefficient (Wildman–Crippen LogP) is 2.69. The van der Waals surface area contributed by atoms with Crippen molar-refractivity contribution >= 4 is 11.8 Å². The lowest BCUT2D eigenvalue weighted by atomic mass is 9.94. The number of ketones is 1. The number of carbonyl (C=O) groups is 2. The van der Waals surface area contributed by atoms with E-state index in [9.17, 15) is 9.59 Å². The van der Waals surface area contributed by atoms with Gasteiger partial charge in [-0.1, -0.05) is 48.5 Å². The summed E-state index contributed by atoms with van der Waals surface area (Å²) >= 11 is 0. The Morgan fingerprint density at radius 1 is 0.962 bits per heavy atom. The van der Waals surface area contributed by atoms with E-state index in [-0.39, 0.29) is 11.8 Å². The first-order valence-corrected chi connectivity index (χ1v) is 8.76. The van der Waals surface area contributed by atoms with Gasteiger partial charge in [0, 0.05) is 30.6 Å². The van der Waals surface area contributed by atoms with Crippen LogP contribution in [0.25, 0.3) is 0 Å². The number of allylic oxidation sites excluding steroid dienone is 1. The van der Waals surface area contributed by atoms with Crippen LogP contribution in [0.15, 0.2) is 66.0 Å². The number of rotatable bonds is 6. The SMILES string of the molecule is CCOC(=O)c1ccccc1CC(C(=O)c1ccccc1)=C1NCCN1. The van der Waals surface area contributed by atoms with Gasteiger partial charge in [0.1, 0.15) is 5.82 Å². The van der Waals surface area contributed by atoms with Crippen LogP contribution in [0, 0.1) is 0 Å². The van der Waals surface area contributed by atoms with Crippen molar-refractivity contribution < 1.29 is 14.3 Å². The molecule has 2 N–H and O–H groups in total.